The fraction of sp³-hybridized carbons (Fsp3) is 0.429. The second-order valence-corrected chi connectivity index (χ2v) is 5.75. The van der Waals surface area contributed by atoms with Gasteiger partial charge >= 0.3 is 5.97 Å². The fourth-order valence-electron chi connectivity index (χ4n) is 2.21. The van der Waals surface area contributed by atoms with Crippen LogP contribution in [0.2, 0.25) is 5.02 Å². The van der Waals surface area contributed by atoms with E-state index in [1.807, 2.05) is 26.8 Å². The number of aliphatic carboxylic acids is 1. The number of aromatic nitrogens is 4. The molecule has 6 nitrogen and oxygen atoms in total. The Labute approximate surface area is 127 Å². The van der Waals surface area contributed by atoms with Gasteiger partial charge in [0.25, 0.3) is 0 Å². The summed E-state index contributed by atoms with van der Waals surface area (Å²) in [6, 6.07) is 5.16. The normalized spacial score (nSPS) is 12.6. The van der Waals surface area contributed by atoms with Gasteiger partial charge in [-0.1, -0.05) is 31.5 Å². The average molecular weight is 309 g/mol. The first-order chi connectivity index (χ1) is 9.90. The molecule has 0 aliphatic carbocycles. The Bertz CT molecular complexity index is 654. The van der Waals surface area contributed by atoms with Crippen molar-refractivity contribution in [2.45, 2.75) is 33.2 Å². The Balaban J connectivity index is 2.50. The molecule has 0 fully saturated rings. The quantitative estimate of drug-likeness (QED) is 0.918. The summed E-state index contributed by atoms with van der Waals surface area (Å²) < 4.78 is 1.58. The smallest absolute Gasteiger partial charge is 0.305 e. The van der Waals surface area contributed by atoms with E-state index in [0.29, 0.717) is 10.8 Å². The van der Waals surface area contributed by atoms with Crippen LogP contribution in [-0.4, -0.2) is 31.3 Å². The van der Waals surface area contributed by atoms with Crippen molar-refractivity contribution in [1.82, 2.24) is 20.2 Å². The fourth-order valence-corrected chi connectivity index (χ4v) is 2.39. The highest BCUT2D eigenvalue weighted by atomic mass is 35.5. The van der Waals surface area contributed by atoms with Gasteiger partial charge < -0.3 is 5.11 Å². The van der Waals surface area contributed by atoms with E-state index in [1.54, 1.807) is 16.8 Å². The van der Waals surface area contributed by atoms with Crippen molar-refractivity contribution in [1.29, 1.82) is 0 Å². The van der Waals surface area contributed by atoms with Crippen LogP contribution in [0.1, 0.15) is 31.9 Å². The maximum atomic E-state index is 11.1. The molecule has 0 amide bonds. The number of carboxylic acids is 1. The van der Waals surface area contributed by atoms with Gasteiger partial charge in [0.2, 0.25) is 0 Å². The van der Waals surface area contributed by atoms with Crippen molar-refractivity contribution >= 4 is 17.6 Å². The minimum absolute atomic E-state index is 0.0324. The lowest BCUT2D eigenvalue weighted by Gasteiger charge is -2.20. The zero-order valence-electron chi connectivity index (χ0n) is 12.1. The SMILES string of the molecule is Cc1ccc(Cl)cc1-c1nnnn1C(CC(=O)O)C(C)C. The molecule has 0 bridgehead atoms. The van der Waals surface area contributed by atoms with Crippen molar-refractivity contribution in [3.8, 4) is 11.4 Å². The number of carboxylic acid groups (broad SMARTS) is 1. The second kappa shape index (κ2) is 6.22. The van der Waals surface area contributed by atoms with Crippen molar-refractivity contribution in [2.24, 2.45) is 5.92 Å². The Hall–Kier alpha value is -1.95. The van der Waals surface area contributed by atoms with Crippen LogP contribution < -0.4 is 0 Å². The third-order valence-corrected chi connectivity index (χ3v) is 3.64. The molecule has 112 valence electrons. The van der Waals surface area contributed by atoms with Crippen LogP contribution in [0.3, 0.4) is 0 Å². The summed E-state index contributed by atoms with van der Waals surface area (Å²) in [5, 5.41) is 21.4. The van der Waals surface area contributed by atoms with E-state index in [-0.39, 0.29) is 18.4 Å². The Morgan fingerprint density at radius 1 is 1.43 bits per heavy atom. The van der Waals surface area contributed by atoms with Crippen molar-refractivity contribution < 1.29 is 9.90 Å². The molecule has 1 aromatic carbocycles. The number of carbonyl (C=O) groups is 1. The molecule has 1 unspecified atom stereocenters. The van der Waals surface area contributed by atoms with Gasteiger partial charge in [0.15, 0.2) is 5.82 Å². The maximum Gasteiger partial charge on any atom is 0.305 e. The number of hydrogen-bond acceptors (Lipinski definition) is 4. The molecule has 2 rings (SSSR count). The Morgan fingerprint density at radius 3 is 2.76 bits per heavy atom. The summed E-state index contributed by atoms with van der Waals surface area (Å²) in [7, 11) is 0. The van der Waals surface area contributed by atoms with Gasteiger partial charge in [0.1, 0.15) is 0 Å². The average Bonchev–Trinajstić information content (AvgIpc) is 2.87. The van der Waals surface area contributed by atoms with E-state index < -0.39 is 5.97 Å². The molecular formula is C14H17ClN4O2. The van der Waals surface area contributed by atoms with Gasteiger partial charge in [0.05, 0.1) is 12.5 Å². The summed E-state index contributed by atoms with van der Waals surface area (Å²) in [6.07, 6.45) is -0.0324. The van der Waals surface area contributed by atoms with Crippen LogP contribution in [-0.2, 0) is 4.79 Å². The van der Waals surface area contributed by atoms with E-state index in [1.165, 1.54) is 0 Å². The predicted molar refractivity (Wildman–Crippen MR) is 79.1 cm³/mol. The number of halogens is 1. The highest BCUT2D eigenvalue weighted by Gasteiger charge is 2.24. The minimum atomic E-state index is -0.877. The molecule has 7 heteroatoms. The number of hydrogen-bond donors (Lipinski definition) is 1. The van der Waals surface area contributed by atoms with Crippen molar-refractivity contribution in [3.05, 3.63) is 28.8 Å². The van der Waals surface area contributed by atoms with Gasteiger partial charge in [-0.2, -0.15) is 0 Å². The van der Waals surface area contributed by atoms with Gasteiger partial charge in [-0.05, 0) is 41.0 Å². The summed E-state index contributed by atoms with van der Waals surface area (Å²) in [4.78, 5) is 11.1. The minimum Gasteiger partial charge on any atom is -0.481 e. The number of rotatable bonds is 5. The molecule has 1 heterocycles. The maximum absolute atomic E-state index is 11.1. The van der Waals surface area contributed by atoms with Gasteiger partial charge in [-0.3, -0.25) is 4.79 Å². The zero-order chi connectivity index (χ0) is 15.6. The number of aryl methyl sites for hydroxylation is 1. The monoisotopic (exact) mass is 308 g/mol. The Morgan fingerprint density at radius 2 is 2.14 bits per heavy atom. The summed E-state index contributed by atoms with van der Waals surface area (Å²) in [5.41, 5.74) is 1.79. The first-order valence-electron chi connectivity index (χ1n) is 6.66. The van der Waals surface area contributed by atoms with Crippen LogP contribution in [0.4, 0.5) is 0 Å². The second-order valence-electron chi connectivity index (χ2n) is 5.32. The first-order valence-corrected chi connectivity index (χ1v) is 7.04. The lowest BCUT2D eigenvalue weighted by molar-refractivity contribution is -0.138. The molecule has 2 aromatic rings. The largest absolute Gasteiger partial charge is 0.481 e. The standard InChI is InChI=1S/C14H17ClN4O2/c1-8(2)12(7-13(20)21)19-14(16-17-18-19)11-6-10(15)5-4-9(11)3/h4-6,8,12H,7H2,1-3H3,(H,20,21). The van der Waals surface area contributed by atoms with E-state index >= 15 is 0 Å². The molecular weight excluding hydrogens is 292 g/mol. The molecule has 0 aliphatic rings. The zero-order valence-corrected chi connectivity index (χ0v) is 12.9. The van der Waals surface area contributed by atoms with E-state index in [0.717, 1.165) is 11.1 Å². The van der Waals surface area contributed by atoms with Crippen molar-refractivity contribution in [2.75, 3.05) is 0 Å². The molecule has 21 heavy (non-hydrogen) atoms. The molecule has 0 radical (unpaired) electrons. The third kappa shape index (κ3) is 3.39. The highest BCUT2D eigenvalue weighted by molar-refractivity contribution is 6.30. The number of nitrogens with zero attached hydrogens (tertiary/aromatic N) is 4. The van der Waals surface area contributed by atoms with Crippen LogP contribution in [0, 0.1) is 12.8 Å². The number of tetrazole rings is 1. The topological polar surface area (TPSA) is 80.9 Å². The van der Waals surface area contributed by atoms with Crippen LogP contribution in [0.25, 0.3) is 11.4 Å². The van der Waals surface area contributed by atoms with Gasteiger partial charge in [0, 0.05) is 10.6 Å². The summed E-state index contributed by atoms with van der Waals surface area (Å²) in [5.74, 6) is -0.254. The van der Waals surface area contributed by atoms with Crippen LogP contribution in [0.15, 0.2) is 18.2 Å². The summed E-state index contributed by atoms with van der Waals surface area (Å²) >= 11 is 6.04. The molecule has 1 atom stereocenters. The van der Waals surface area contributed by atoms with E-state index in [4.69, 9.17) is 16.7 Å². The van der Waals surface area contributed by atoms with Gasteiger partial charge in [-0.25, -0.2) is 4.68 Å². The lowest BCUT2D eigenvalue weighted by Crippen LogP contribution is -2.21. The predicted octanol–water partition coefficient (Wildman–Crippen LogP) is 2.97. The molecule has 1 aromatic heterocycles. The van der Waals surface area contributed by atoms with E-state index in [9.17, 15) is 4.79 Å². The van der Waals surface area contributed by atoms with E-state index in [2.05, 4.69) is 15.5 Å². The highest BCUT2D eigenvalue weighted by Crippen LogP contribution is 2.29. The summed E-state index contributed by atoms with van der Waals surface area (Å²) in [6.45, 7) is 5.83. The lowest BCUT2D eigenvalue weighted by atomic mass is 10.0. The van der Waals surface area contributed by atoms with Gasteiger partial charge in [-0.15, -0.1) is 5.10 Å². The molecule has 0 saturated carbocycles. The van der Waals surface area contributed by atoms with Crippen LogP contribution in [0.5, 0.6) is 0 Å². The Kier molecular flexibility index (Phi) is 4.57. The molecule has 0 aliphatic heterocycles. The third-order valence-electron chi connectivity index (χ3n) is 3.40. The first kappa shape index (κ1) is 15.4. The molecule has 0 spiro atoms. The van der Waals surface area contributed by atoms with Crippen LogP contribution >= 0.6 is 11.6 Å². The molecule has 1 N–H and O–H groups in total. The number of benzene rings is 1. The molecule has 0 saturated heterocycles. The van der Waals surface area contributed by atoms with Crippen molar-refractivity contribution in [3.63, 3.8) is 0 Å².